The lowest BCUT2D eigenvalue weighted by molar-refractivity contribution is -0.118. The molecule has 0 bridgehead atoms. The largest absolute Gasteiger partial charge is 0.497 e. The topological polar surface area (TPSA) is 81.4 Å². The van der Waals surface area contributed by atoms with E-state index in [1.54, 1.807) is 32.2 Å². The molecule has 0 radical (unpaired) electrons. The van der Waals surface area contributed by atoms with Crippen LogP contribution in [0.2, 0.25) is 10.0 Å². The Hall–Kier alpha value is -2.55. The molecule has 2 aromatic carbocycles. The number of rotatable bonds is 8. The monoisotopic (exact) mass is 477 g/mol. The lowest BCUT2D eigenvalue weighted by atomic mass is 10.1. The lowest BCUT2D eigenvalue weighted by Crippen LogP contribution is -2.21. The Labute approximate surface area is 194 Å². The van der Waals surface area contributed by atoms with Crippen LogP contribution >= 0.6 is 35.0 Å². The van der Waals surface area contributed by atoms with Gasteiger partial charge in [0.2, 0.25) is 0 Å². The van der Waals surface area contributed by atoms with E-state index in [-0.39, 0.29) is 11.7 Å². The van der Waals surface area contributed by atoms with E-state index < -0.39 is 0 Å². The molecule has 0 aliphatic carbocycles. The van der Waals surface area contributed by atoms with Gasteiger partial charge < -0.3 is 9.30 Å². The number of carbonyl (C=O) groups is 1. The van der Waals surface area contributed by atoms with E-state index in [0.717, 1.165) is 17.1 Å². The number of aromatic nitrogens is 3. The van der Waals surface area contributed by atoms with E-state index in [0.29, 0.717) is 33.0 Å². The average Bonchev–Trinajstić information content (AvgIpc) is 3.19. The molecule has 162 valence electrons. The van der Waals surface area contributed by atoms with E-state index in [1.807, 2.05) is 35.8 Å². The summed E-state index contributed by atoms with van der Waals surface area (Å²) >= 11 is 13.4. The van der Waals surface area contributed by atoms with E-state index in [4.69, 9.17) is 27.9 Å². The minimum atomic E-state index is -0.258. The van der Waals surface area contributed by atoms with E-state index in [2.05, 4.69) is 20.7 Å². The Bertz CT molecular complexity index is 1100. The Morgan fingerprint density at radius 2 is 1.94 bits per heavy atom. The van der Waals surface area contributed by atoms with Crippen molar-refractivity contribution in [3.05, 3.63) is 58.1 Å². The van der Waals surface area contributed by atoms with Gasteiger partial charge in [-0.1, -0.05) is 41.0 Å². The molecular formula is C21H21Cl2N5O2S. The second-order valence-electron chi connectivity index (χ2n) is 6.42. The summed E-state index contributed by atoms with van der Waals surface area (Å²) in [4.78, 5) is 12.3. The number of halogens is 2. The van der Waals surface area contributed by atoms with Crippen LogP contribution in [-0.4, -0.2) is 39.2 Å². The summed E-state index contributed by atoms with van der Waals surface area (Å²) in [6, 6.07) is 12.7. The molecule has 7 nitrogen and oxygen atoms in total. The van der Waals surface area contributed by atoms with Crippen molar-refractivity contribution in [1.29, 1.82) is 0 Å². The van der Waals surface area contributed by atoms with Crippen LogP contribution < -0.4 is 10.2 Å². The van der Waals surface area contributed by atoms with Crippen molar-refractivity contribution in [2.75, 3.05) is 12.9 Å². The molecule has 1 aromatic heterocycles. The molecule has 0 aliphatic heterocycles. The number of benzene rings is 2. The maximum absolute atomic E-state index is 12.3. The van der Waals surface area contributed by atoms with Crippen LogP contribution in [0.1, 0.15) is 19.4 Å². The summed E-state index contributed by atoms with van der Waals surface area (Å²) in [6.45, 7) is 4.44. The number of hydrogen-bond acceptors (Lipinski definition) is 6. The first-order valence-electron chi connectivity index (χ1n) is 9.42. The first-order chi connectivity index (χ1) is 14.9. The fourth-order valence-corrected chi connectivity index (χ4v) is 4.13. The second-order valence-corrected chi connectivity index (χ2v) is 8.21. The summed E-state index contributed by atoms with van der Waals surface area (Å²) in [5, 5.41) is 14.3. The van der Waals surface area contributed by atoms with Gasteiger partial charge in [0.25, 0.3) is 5.91 Å². The molecule has 0 fully saturated rings. The first-order valence-corrected chi connectivity index (χ1v) is 11.2. The fourth-order valence-electron chi connectivity index (χ4n) is 2.79. The Kier molecular flexibility index (Phi) is 7.95. The van der Waals surface area contributed by atoms with Crippen molar-refractivity contribution >= 4 is 46.6 Å². The van der Waals surface area contributed by atoms with Crippen LogP contribution in [0.3, 0.4) is 0 Å². The van der Waals surface area contributed by atoms with Crippen LogP contribution in [-0.2, 0) is 11.3 Å². The van der Waals surface area contributed by atoms with E-state index in [1.165, 1.54) is 11.8 Å². The summed E-state index contributed by atoms with van der Waals surface area (Å²) in [5.41, 5.74) is 4.75. The Morgan fingerprint density at radius 3 is 2.58 bits per heavy atom. The van der Waals surface area contributed by atoms with Crippen molar-refractivity contribution in [3.63, 3.8) is 0 Å². The van der Waals surface area contributed by atoms with Crippen molar-refractivity contribution in [2.24, 2.45) is 5.10 Å². The number of nitrogens with one attached hydrogen (secondary N) is 1. The highest BCUT2D eigenvalue weighted by Crippen LogP contribution is 2.25. The smallest absolute Gasteiger partial charge is 0.250 e. The molecule has 10 heteroatoms. The van der Waals surface area contributed by atoms with E-state index >= 15 is 0 Å². The normalized spacial score (nSPS) is 11.5. The molecule has 0 aliphatic rings. The van der Waals surface area contributed by atoms with Gasteiger partial charge in [0.1, 0.15) is 5.75 Å². The summed E-state index contributed by atoms with van der Waals surface area (Å²) in [7, 11) is 1.62. The van der Waals surface area contributed by atoms with Crippen molar-refractivity contribution in [2.45, 2.75) is 25.5 Å². The van der Waals surface area contributed by atoms with Crippen LogP contribution in [0.15, 0.2) is 52.7 Å². The third-order valence-corrected chi connectivity index (χ3v) is 5.90. The molecule has 0 spiro atoms. The molecule has 1 amide bonds. The summed E-state index contributed by atoms with van der Waals surface area (Å²) < 4.78 is 7.16. The van der Waals surface area contributed by atoms with Gasteiger partial charge in [0, 0.05) is 22.7 Å². The molecule has 0 atom stereocenters. The second kappa shape index (κ2) is 10.7. The van der Waals surface area contributed by atoms with Crippen LogP contribution in [0.4, 0.5) is 0 Å². The zero-order valence-corrected chi connectivity index (χ0v) is 19.6. The zero-order valence-electron chi connectivity index (χ0n) is 17.2. The van der Waals surface area contributed by atoms with Crippen molar-refractivity contribution < 1.29 is 9.53 Å². The highest BCUT2D eigenvalue weighted by atomic mass is 35.5. The van der Waals surface area contributed by atoms with Crippen LogP contribution in [0.25, 0.3) is 11.4 Å². The predicted molar refractivity (Wildman–Crippen MR) is 125 cm³/mol. The number of ether oxygens (including phenoxy) is 1. The number of carbonyl (C=O) groups excluding carboxylic acids is 1. The van der Waals surface area contributed by atoms with Gasteiger partial charge in [-0.15, -0.1) is 10.2 Å². The highest BCUT2D eigenvalue weighted by Gasteiger charge is 2.15. The highest BCUT2D eigenvalue weighted by molar-refractivity contribution is 7.99. The van der Waals surface area contributed by atoms with Gasteiger partial charge in [-0.2, -0.15) is 5.10 Å². The van der Waals surface area contributed by atoms with Gasteiger partial charge in [-0.3, -0.25) is 4.79 Å². The molecule has 0 saturated carbocycles. The number of methoxy groups -OCH3 is 1. The lowest BCUT2D eigenvalue weighted by Gasteiger charge is -2.08. The fraction of sp³-hybridized carbons (Fsp3) is 0.238. The maximum Gasteiger partial charge on any atom is 0.250 e. The number of amides is 1. The Morgan fingerprint density at radius 1 is 1.19 bits per heavy atom. The minimum absolute atomic E-state index is 0.145. The number of thioether (sulfide) groups is 1. The molecule has 1 N–H and O–H groups in total. The molecule has 3 aromatic rings. The molecule has 31 heavy (non-hydrogen) atoms. The molecular weight excluding hydrogens is 457 g/mol. The summed E-state index contributed by atoms with van der Waals surface area (Å²) in [5.74, 6) is 1.39. The number of hydrogen-bond donors (Lipinski definition) is 1. The number of nitrogens with zero attached hydrogens (tertiary/aromatic N) is 4. The SMILES string of the molecule is CCn1c(SCC(=O)N/N=C(/C)c2ccc(Cl)cc2Cl)nnc1-c1ccc(OC)cc1. The third kappa shape index (κ3) is 5.78. The van der Waals surface area contributed by atoms with Gasteiger partial charge >= 0.3 is 0 Å². The molecule has 0 saturated heterocycles. The van der Waals surface area contributed by atoms with Gasteiger partial charge in [0.15, 0.2) is 11.0 Å². The molecule has 3 rings (SSSR count). The van der Waals surface area contributed by atoms with Crippen LogP contribution in [0.5, 0.6) is 5.75 Å². The molecule has 1 heterocycles. The standard InChI is InChI=1S/C21H21Cl2N5O2S/c1-4-28-20(14-5-8-16(30-3)9-6-14)26-27-21(28)31-12-19(29)25-24-13(2)17-10-7-15(22)11-18(17)23/h5-11H,4,12H2,1-3H3,(H,25,29)/b24-13-. The van der Waals surface area contributed by atoms with Gasteiger partial charge in [-0.25, -0.2) is 5.43 Å². The number of hydrazone groups is 1. The van der Waals surface area contributed by atoms with Crippen LogP contribution in [0, 0.1) is 0 Å². The Balaban J connectivity index is 1.64. The predicted octanol–water partition coefficient (Wildman–Crippen LogP) is 4.91. The third-order valence-electron chi connectivity index (χ3n) is 4.38. The van der Waals surface area contributed by atoms with E-state index in [9.17, 15) is 4.79 Å². The first kappa shape index (κ1) is 23.1. The average molecular weight is 478 g/mol. The zero-order chi connectivity index (χ0) is 22.4. The maximum atomic E-state index is 12.3. The minimum Gasteiger partial charge on any atom is -0.497 e. The van der Waals surface area contributed by atoms with Gasteiger partial charge in [-0.05, 0) is 50.2 Å². The van der Waals surface area contributed by atoms with Gasteiger partial charge in [0.05, 0.1) is 23.6 Å². The van der Waals surface area contributed by atoms with Crippen molar-refractivity contribution in [1.82, 2.24) is 20.2 Å². The van der Waals surface area contributed by atoms with Crippen molar-refractivity contribution in [3.8, 4) is 17.1 Å². The molecule has 0 unspecified atom stereocenters. The quantitative estimate of drug-likeness (QED) is 0.283. The summed E-state index contributed by atoms with van der Waals surface area (Å²) in [6.07, 6.45) is 0.